The smallest absolute Gasteiger partial charge is 0.238 e. The van der Waals surface area contributed by atoms with Gasteiger partial charge in [-0.2, -0.15) is 9.97 Å². The van der Waals surface area contributed by atoms with E-state index in [0.29, 0.717) is 23.5 Å². The minimum absolute atomic E-state index is 0.433. The molecule has 0 saturated heterocycles. The molecule has 3 aromatic heterocycles. The Bertz CT molecular complexity index is 2630. The van der Waals surface area contributed by atoms with Crippen LogP contribution in [0.5, 0.6) is 0 Å². The molecular weight excluding hydrogens is 587 g/mol. The summed E-state index contributed by atoms with van der Waals surface area (Å²) in [5, 5.41) is 4.71. The lowest BCUT2D eigenvalue weighted by Crippen LogP contribution is -2.08. The van der Waals surface area contributed by atoms with Gasteiger partial charge in [-0.1, -0.05) is 134 Å². The molecule has 2 aliphatic rings. The first kappa shape index (κ1) is 26.8. The fourth-order valence-electron chi connectivity index (χ4n) is 7.49. The molecule has 0 saturated carbocycles. The minimum atomic E-state index is 0.433. The van der Waals surface area contributed by atoms with Gasteiger partial charge in [0.1, 0.15) is 0 Å². The Kier molecular flexibility index (Phi) is 5.93. The first-order valence-corrected chi connectivity index (χ1v) is 16.4. The molecule has 1 unspecified atom stereocenters. The van der Waals surface area contributed by atoms with E-state index in [-0.39, 0.29) is 0 Å². The van der Waals surface area contributed by atoms with Crippen molar-refractivity contribution in [3.05, 3.63) is 163 Å². The Morgan fingerprint density at radius 1 is 0.542 bits per heavy atom. The zero-order valence-corrected chi connectivity index (χ0v) is 26.0. The Morgan fingerprint density at radius 2 is 1.19 bits per heavy atom. The number of rotatable bonds is 4. The van der Waals surface area contributed by atoms with Gasteiger partial charge in [0, 0.05) is 44.3 Å². The summed E-state index contributed by atoms with van der Waals surface area (Å²) >= 11 is 0. The molecule has 48 heavy (non-hydrogen) atoms. The molecule has 0 radical (unpaired) electrons. The van der Waals surface area contributed by atoms with Crippen molar-refractivity contribution in [2.75, 3.05) is 0 Å². The second-order valence-corrected chi connectivity index (χ2v) is 12.4. The molecule has 0 aliphatic heterocycles. The third-order valence-electron chi connectivity index (χ3n) is 9.68. The van der Waals surface area contributed by atoms with Gasteiger partial charge < -0.3 is 4.57 Å². The first-order valence-electron chi connectivity index (χ1n) is 16.4. The number of hydrogen-bond donors (Lipinski definition) is 0. The molecule has 8 aromatic rings. The van der Waals surface area contributed by atoms with E-state index in [2.05, 4.69) is 131 Å². The summed E-state index contributed by atoms with van der Waals surface area (Å²) in [5.41, 5.74) is 8.93. The highest BCUT2D eigenvalue weighted by Gasteiger charge is 2.24. The lowest BCUT2D eigenvalue weighted by Gasteiger charge is -2.22. The number of allylic oxidation sites excluding steroid dienone is 8. The summed E-state index contributed by atoms with van der Waals surface area (Å²) in [6, 6.07) is 42.2. The van der Waals surface area contributed by atoms with Gasteiger partial charge in [0.25, 0.3) is 0 Å². The van der Waals surface area contributed by atoms with Crippen LogP contribution in [0, 0.1) is 5.92 Å². The number of hydrogen-bond acceptors (Lipinski definition) is 3. The van der Waals surface area contributed by atoms with Crippen LogP contribution >= 0.6 is 0 Å². The van der Waals surface area contributed by atoms with Crippen molar-refractivity contribution >= 4 is 49.3 Å². The topological polar surface area (TPSA) is 48.5 Å². The molecule has 5 heteroatoms. The number of benzene rings is 5. The predicted molar refractivity (Wildman–Crippen MR) is 197 cm³/mol. The Balaban J connectivity index is 1.32. The van der Waals surface area contributed by atoms with E-state index >= 15 is 0 Å². The average molecular weight is 616 g/mol. The van der Waals surface area contributed by atoms with E-state index in [1.54, 1.807) is 0 Å². The van der Waals surface area contributed by atoms with E-state index in [1.807, 2.05) is 36.4 Å². The second-order valence-electron chi connectivity index (χ2n) is 12.4. The molecule has 2 aliphatic carbocycles. The highest BCUT2D eigenvalue weighted by atomic mass is 15.2. The van der Waals surface area contributed by atoms with E-state index in [9.17, 15) is 0 Å². The van der Waals surface area contributed by atoms with Crippen molar-refractivity contribution in [2.45, 2.75) is 6.42 Å². The maximum atomic E-state index is 5.20. The number of para-hydroxylation sites is 2. The summed E-state index contributed by atoms with van der Waals surface area (Å²) in [7, 11) is 0. The highest BCUT2D eigenvalue weighted by molar-refractivity contribution is 6.26. The van der Waals surface area contributed by atoms with Crippen molar-refractivity contribution in [1.82, 2.24) is 24.1 Å². The van der Waals surface area contributed by atoms with Gasteiger partial charge in [-0.25, -0.2) is 4.98 Å². The lowest BCUT2D eigenvalue weighted by molar-refractivity contribution is 0.777. The molecule has 0 N–H and O–H groups in total. The van der Waals surface area contributed by atoms with Crippen molar-refractivity contribution in [3.63, 3.8) is 0 Å². The molecule has 1 atom stereocenters. The Morgan fingerprint density at radius 3 is 1.92 bits per heavy atom. The quantitative estimate of drug-likeness (QED) is 0.198. The summed E-state index contributed by atoms with van der Waals surface area (Å²) in [6.07, 6.45) is 14.6. The van der Waals surface area contributed by atoms with Gasteiger partial charge in [-0.3, -0.25) is 4.57 Å². The zero-order valence-electron chi connectivity index (χ0n) is 26.0. The van der Waals surface area contributed by atoms with Crippen LogP contribution in [-0.4, -0.2) is 24.1 Å². The molecule has 5 nitrogen and oxygen atoms in total. The van der Waals surface area contributed by atoms with Gasteiger partial charge in [-0.15, -0.1) is 0 Å². The molecule has 0 spiro atoms. The van der Waals surface area contributed by atoms with Crippen molar-refractivity contribution < 1.29 is 0 Å². The molecule has 10 rings (SSSR count). The van der Waals surface area contributed by atoms with Crippen LogP contribution in [0.3, 0.4) is 0 Å². The van der Waals surface area contributed by atoms with Crippen LogP contribution in [0.4, 0.5) is 0 Å². The lowest BCUT2D eigenvalue weighted by atomic mass is 9.87. The van der Waals surface area contributed by atoms with Crippen LogP contribution in [-0.2, 0) is 0 Å². The highest BCUT2D eigenvalue weighted by Crippen LogP contribution is 2.43. The SMILES string of the molecule is C1=CC2=CC(n3c4ccccc4c4c3ccc3c5ccccc5n(-c5nc(-c6ccccc6)nc(-c6ccccc6)n5)c34)=CCC2C=C1. The third kappa shape index (κ3) is 4.07. The van der Waals surface area contributed by atoms with Crippen LogP contribution in [0.2, 0.25) is 0 Å². The summed E-state index contributed by atoms with van der Waals surface area (Å²) in [4.78, 5) is 15.4. The summed E-state index contributed by atoms with van der Waals surface area (Å²) in [5.74, 6) is 2.31. The van der Waals surface area contributed by atoms with Crippen molar-refractivity contribution in [2.24, 2.45) is 5.92 Å². The molecular formula is C43H29N5. The Labute approximate surface area is 277 Å². The fourth-order valence-corrected chi connectivity index (χ4v) is 7.49. The molecule has 3 heterocycles. The van der Waals surface area contributed by atoms with E-state index in [1.165, 1.54) is 32.9 Å². The molecule has 226 valence electrons. The second kappa shape index (κ2) is 10.6. The van der Waals surface area contributed by atoms with Crippen LogP contribution in [0.15, 0.2) is 163 Å². The maximum Gasteiger partial charge on any atom is 0.238 e. The monoisotopic (exact) mass is 615 g/mol. The predicted octanol–water partition coefficient (Wildman–Crippen LogP) is 10.3. The largest absolute Gasteiger partial charge is 0.309 e. The average Bonchev–Trinajstić information content (AvgIpc) is 3.68. The normalized spacial score (nSPS) is 15.7. The van der Waals surface area contributed by atoms with Crippen LogP contribution < -0.4 is 0 Å². The van der Waals surface area contributed by atoms with E-state index < -0.39 is 0 Å². The van der Waals surface area contributed by atoms with Crippen LogP contribution in [0.1, 0.15) is 6.42 Å². The minimum Gasteiger partial charge on any atom is -0.309 e. The van der Waals surface area contributed by atoms with Gasteiger partial charge in [-0.05, 0) is 36.3 Å². The van der Waals surface area contributed by atoms with E-state index in [0.717, 1.165) is 39.5 Å². The van der Waals surface area contributed by atoms with Gasteiger partial charge in [0.2, 0.25) is 5.95 Å². The standard InChI is InChI=1S/C43H29N5/c1-3-14-29(15-4-1)41-44-42(30-16-5-2-6-17-30)46-43(45-41)48-36-21-11-9-19-33(36)34-25-26-38-39(40(34)48)35-20-10-12-22-37(35)47(38)32-24-23-28-13-7-8-18-31(28)27-32/h1-22,24-28H,23H2. The molecule has 0 fully saturated rings. The van der Waals surface area contributed by atoms with Crippen molar-refractivity contribution in [3.8, 4) is 28.7 Å². The zero-order chi connectivity index (χ0) is 31.6. The summed E-state index contributed by atoms with van der Waals surface area (Å²) in [6.45, 7) is 0. The van der Waals surface area contributed by atoms with Gasteiger partial charge >= 0.3 is 0 Å². The first-order chi connectivity index (χ1) is 23.8. The maximum absolute atomic E-state index is 5.20. The van der Waals surface area contributed by atoms with Gasteiger partial charge in [0.05, 0.1) is 22.1 Å². The van der Waals surface area contributed by atoms with Gasteiger partial charge in [0.15, 0.2) is 11.6 Å². The fraction of sp³-hybridized carbons (Fsp3) is 0.0465. The number of fused-ring (bicyclic) bond motifs is 8. The van der Waals surface area contributed by atoms with Crippen LogP contribution in [0.25, 0.3) is 78.0 Å². The van der Waals surface area contributed by atoms with Crippen molar-refractivity contribution in [1.29, 1.82) is 0 Å². The number of aromatic nitrogens is 5. The number of nitrogens with zero attached hydrogens (tertiary/aromatic N) is 5. The molecule has 5 aromatic carbocycles. The summed E-state index contributed by atoms with van der Waals surface area (Å²) < 4.78 is 4.68. The molecule has 0 amide bonds. The van der Waals surface area contributed by atoms with E-state index in [4.69, 9.17) is 15.0 Å². The molecule has 0 bridgehead atoms. The third-order valence-corrected chi connectivity index (χ3v) is 9.68. The Hall–Kier alpha value is -6.33.